The Morgan fingerprint density at radius 2 is 1.71 bits per heavy atom. The standard InChI is InChI=1S/C23H25NO4/c1-24(13-17-7-8-19(26-2)12-21(17)27-3)14-18-11-23(25)28-22-10-16-6-4-5-15(16)9-20(18)22/h7-12H,4-6,13-14H2,1-3H3. The Balaban J connectivity index is 1.62. The maximum Gasteiger partial charge on any atom is 0.336 e. The fraction of sp³-hybridized carbons (Fsp3) is 0.348. The van der Waals surface area contributed by atoms with Gasteiger partial charge in [0, 0.05) is 36.2 Å². The van der Waals surface area contributed by atoms with Gasteiger partial charge < -0.3 is 13.9 Å². The Morgan fingerprint density at radius 3 is 2.46 bits per heavy atom. The van der Waals surface area contributed by atoms with E-state index in [0.29, 0.717) is 18.7 Å². The van der Waals surface area contributed by atoms with Crippen LogP contribution in [0.3, 0.4) is 0 Å². The average Bonchev–Trinajstić information content (AvgIpc) is 3.14. The van der Waals surface area contributed by atoms with Crippen molar-refractivity contribution >= 4 is 11.0 Å². The Kier molecular flexibility index (Phi) is 5.09. The zero-order chi connectivity index (χ0) is 19.7. The quantitative estimate of drug-likeness (QED) is 0.608. The molecule has 2 aromatic carbocycles. The van der Waals surface area contributed by atoms with Gasteiger partial charge in [-0.2, -0.15) is 0 Å². The fourth-order valence-corrected chi connectivity index (χ4v) is 4.05. The molecule has 4 rings (SSSR count). The molecule has 0 N–H and O–H groups in total. The van der Waals surface area contributed by atoms with Gasteiger partial charge in [0.1, 0.15) is 17.1 Å². The van der Waals surface area contributed by atoms with Gasteiger partial charge in [-0.1, -0.05) is 6.07 Å². The SMILES string of the molecule is COc1ccc(CN(C)Cc2cc(=O)oc3cc4c(cc23)CCC4)c(OC)c1. The molecule has 0 saturated heterocycles. The third kappa shape index (κ3) is 3.62. The molecule has 28 heavy (non-hydrogen) atoms. The molecule has 1 heterocycles. The maximum atomic E-state index is 12.1. The maximum absolute atomic E-state index is 12.1. The highest BCUT2D eigenvalue weighted by Gasteiger charge is 2.16. The third-order valence-corrected chi connectivity index (χ3v) is 5.42. The summed E-state index contributed by atoms with van der Waals surface area (Å²) in [6, 6.07) is 11.7. The van der Waals surface area contributed by atoms with Crippen molar-refractivity contribution in [3.8, 4) is 11.5 Å². The van der Waals surface area contributed by atoms with Crippen LogP contribution in [-0.2, 0) is 25.9 Å². The lowest BCUT2D eigenvalue weighted by Gasteiger charge is -2.20. The molecule has 1 aliphatic carbocycles. The van der Waals surface area contributed by atoms with Gasteiger partial charge in [-0.25, -0.2) is 4.79 Å². The van der Waals surface area contributed by atoms with E-state index >= 15 is 0 Å². The molecule has 0 radical (unpaired) electrons. The number of nitrogens with zero attached hydrogens (tertiary/aromatic N) is 1. The molecule has 0 amide bonds. The topological polar surface area (TPSA) is 51.9 Å². The van der Waals surface area contributed by atoms with Gasteiger partial charge in [-0.15, -0.1) is 0 Å². The second kappa shape index (κ2) is 7.68. The summed E-state index contributed by atoms with van der Waals surface area (Å²) in [7, 11) is 5.34. The van der Waals surface area contributed by atoms with E-state index in [1.165, 1.54) is 17.5 Å². The minimum Gasteiger partial charge on any atom is -0.497 e. The minimum absolute atomic E-state index is 0.295. The van der Waals surface area contributed by atoms with Crippen molar-refractivity contribution in [3.05, 3.63) is 69.1 Å². The Hall–Kier alpha value is -2.79. The lowest BCUT2D eigenvalue weighted by molar-refractivity contribution is 0.309. The van der Waals surface area contributed by atoms with E-state index in [9.17, 15) is 4.79 Å². The number of ether oxygens (including phenoxy) is 2. The first-order valence-electron chi connectivity index (χ1n) is 9.55. The van der Waals surface area contributed by atoms with E-state index in [1.54, 1.807) is 20.3 Å². The molecule has 0 spiro atoms. The smallest absolute Gasteiger partial charge is 0.336 e. The zero-order valence-electron chi connectivity index (χ0n) is 16.6. The highest BCUT2D eigenvalue weighted by molar-refractivity contribution is 5.82. The van der Waals surface area contributed by atoms with Gasteiger partial charge >= 0.3 is 5.63 Å². The van der Waals surface area contributed by atoms with Crippen molar-refractivity contribution in [1.82, 2.24) is 4.90 Å². The Labute approximate surface area is 164 Å². The number of hydrogen-bond donors (Lipinski definition) is 0. The number of aryl methyl sites for hydroxylation is 2. The van der Waals surface area contributed by atoms with Crippen LogP contribution in [0, 0.1) is 0 Å². The second-order valence-corrected chi connectivity index (χ2v) is 7.41. The van der Waals surface area contributed by atoms with E-state index in [2.05, 4.69) is 17.0 Å². The van der Waals surface area contributed by atoms with Crippen LogP contribution in [0.1, 0.15) is 28.7 Å². The Morgan fingerprint density at radius 1 is 0.964 bits per heavy atom. The van der Waals surface area contributed by atoms with Gasteiger partial charge in [-0.05, 0) is 61.2 Å². The second-order valence-electron chi connectivity index (χ2n) is 7.41. The van der Waals surface area contributed by atoms with E-state index < -0.39 is 0 Å². The molecule has 146 valence electrons. The molecule has 0 fully saturated rings. The molecule has 0 unspecified atom stereocenters. The molecule has 1 aliphatic rings. The summed E-state index contributed by atoms with van der Waals surface area (Å²) in [5, 5.41) is 1.04. The van der Waals surface area contributed by atoms with Gasteiger partial charge in [0.05, 0.1) is 14.2 Å². The van der Waals surface area contributed by atoms with Crippen molar-refractivity contribution in [2.45, 2.75) is 32.4 Å². The van der Waals surface area contributed by atoms with Gasteiger partial charge in [0.15, 0.2) is 0 Å². The van der Waals surface area contributed by atoms with Crippen molar-refractivity contribution in [3.63, 3.8) is 0 Å². The van der Waals surface area contributed by atoms with Crippen LogP contribution in [0.15, 0.2) is 45.6 Å². The number of hydrogen-bond acceptors (Lipinski definition) is 5. The van der Waals surface area contributed by atoms with Gasteiger partial charge in [-0.3, -0.25) is 4.90 Å². The summed E-state index contributed by atoms with van der Waals surface area (Å²) in [4.78, 5) is 14.3. The van der Waals surface area contributed by atoms with Crippen molar-refractivity contribution in [2.24, 2.45) is 0 Å². The van der Waals surface area contributed by atoms with E-state index in [-0.39, 0.29) is 5.63 Å². The largest absolute Gasteiger partial charge is 0.497 e. The normalized spacial score (nSPS) is 13.1. The molecule has 0 bridgehead atoms. The van der Waals surface area contributed by atoms with Gasteiger partial charge in [0.25, 0.3) is 0 Å². The molecule has 5 heteroatoms. The third-order valence-electron chi connectivity index (χ3n) is 5.42. The van der Waals surface area contributed by atoms with E-state index in [0.717, 1.165) is 40.9 Å². The average molecular weight is 379 g/mol. The van der Waals surface area contributed by atoms with Crippen LogP contribution in [0.5, 0.6) is 11.5 Å². The molecule has 0 atom stereocenters. The van der Waals surface area contributed by atoms with Crippen molar-refractivity contribution < 1.29 is 13.9 Å². The fourth-order valence-electron chi connectivity index (χ4n) is 4.05. The van der Waals surface area contributed by atoms with Crippen molar-refractivity contribution in [1.29, 1.82) is 0 Å². The predicted molar refractivity (Wildman–Crippen MR) is 109 cm³/mol. The van der Waals surface area contributed by atoms with E-state index in [4.69, 9.17) is 13.9 Å². The molecule has 1 aromatic heterocycles. The summed E-state index contributed by atoms with van der Waals surface area (Å²) in [6.07, 6.45) is 3.33. The van der Waals surface area contributed by atoms with Crippen LogP contribution in [0.2, 0.25) is 0 Å². The summed E-state index contributed by atoms with van der Waals surface area (Å²) < 4.78 is 16.3. The lowest BCUT2D eigenvalue weighted by Crippen LogP contribution is -2.19. The molecular weight excluding hydrogens is 354 g/mol. The van der Waals surface area contributed by atoms with Crippen LogP contribution >= 0.6 is 0 Å². The first-order valence-corrected chi connectivity index (χ1v) is 9.55. The van der Waals surface area contributed by atoms with E-state index in [1.807, 2.05) is 25.2 Å². The van der Waals surface area contributed by atoms with Crippen molar-refractivity contribution in [2.75, 3.05) is 21.3 Å². The monoisotopic (exact) mass is 379 g/mol. The summed E-state index contributed by atoms with van der Waals surface area (Å²) in [5.41, 5.74) is 5.15. The Bertz CT molecular complexity index is 1070. The summed E-state index contributed by atoms with van der Waals surface area (Å²) in [5.74, 6) is 1.56. The molecule has 0 saturated carbocycles. The highest BCUT2D eigenvalue weighted by atomic mass is 16.5. The zero-order valence-corrected chi connectivity index (χ0v) is 16.6. The summed E-state index contributed by atoms with van der Waals surface area (Å²) in [6.45, 7) is 1.34. The lowest BCUT2D eigenvalue weighted by atomic mass is 10.0. The minimum atomic E-state index is -0.295. The highest BCUT2D eigenvalue weighted by Crippen LogP contribution is 2.30. The molecule has 0 aliphatic heterocycles. The van der Waals surface area contributed by atoms with Gasteiger partial charge in [0.2, 0.25) is 0 Å². The molecule has 5 nitrogen and oxygen atoms in total. The van der Waals surface area contributed by atoms with Crippen LogP contribution in [-0.4, -0.2) is 26.2 Å². The predicted octanol–water partition coefficient (Wildman–Crippen LogP) is 3.93. The van der Waals surface area contributed by atoms with Crippen LogP contribution in [0.25, 0.3) is 11.0 Å². The first kappa shape index (κ1) is 18.6. The number of fused-ring (bicyclic) bond motifs is 2. The number of rotatable bonds is 6. The van der Waals surface area contributed by atoms with Crippen LogP contribution in [0.4, 0.5) is 0 Å². The molecular formula is C23H25NO4. The number of methoxy groups -OCH3 is 2. The number of benzene rings is 2. The van der Waals surface area contributed by atoms with Crippen LogP contribution < -0.4 is 15.1 Å². The first-order chi connectivity index (χ1) is 13.6. The summed E-state index contributed by atoms with van der Waals surface area (Å²) >= 11 is 0. The molecule has 3 aromatic rings.